The maximum absolute atomic E-state index is 13.5. The number of halogens is 1. The molecule has 1 heterocycles. The Balaban J connectivity index is 1.29. The number of benzene rings is 4. The van der Waals surface area contributed by atoms with Crippen LogP contribution in [0.1, 0.15) is 26.7 Å². The van der Waals surface area contributed by atoms with Crippen LogP contribution in [0, 0.1) is 6.92 Å². The van der Waals surface area contributed by atoms with Crippen molar-refractivity contribution in [1.82, 2.24) is 4.98 Å². The molecule has 1 atom stereocenters. The van der Waals surface area contributed by atoms with Crippen LogP contribution < -0.4 is 10.6 Å². The number of rotatable bonds is 8. The van der Waals surface area contributed by atoms with Gasteiger partial charge in [0.15, 0.2) is 5.13 Å². The number of carbonyl (C=O) groups excluding carboxylic acids is 2. The zero-order valence-corrected chi connectivity index (χ0v) is 23.3. The summed E-state index contributed by atoms with van der Waals surface area (Å²) in [5.74, 6) is -0.401. The molecule has 0 saturated carbocycles. The van der Waals surface area contributed by atoms with Crippen LogP contribution in [0.4, 0.5) is 10.8 Å². The number of hydrogen-bond acceptors (Lipinski definition) is 5. The summed E-state index contributed by atoms with van der Waals surface area (Å²) in [6, 6.07) is 32.0. The number of aryl methyl sites for hydroxylation is 1. The molecule has 39 heavy (non-hydrogen) atoms. The lowest BCUT2D eigenvalue weighted by Crippen LogP contribution is -2.19. The zero-order chi connectivity index (χ0) is 27.2. The third kappa shape index (κ3) is 6.95. The van der Waals surface area contributed by atoms with Crippen molar-refractivity contribution in [3.05, 3.63) is 130 Å². The average molecular weight is 570 g/mol. The van der Waals surface area contributed by atoms with Crippen LogP contribution >= 0.6 is 34.7 Å². The first kappa shape index (κ1) is 26.7. The number of anilines is 2. The number of nitrogens with one attached hydrogen (secondary N) is 2. The van der Waals surface area contributed by atoms with Crippen LogP contribution in [0.3, 0.4) is 0 Å². The van der Waals surface area contributed by atoms with Gasteiger partial charge in [0.25, 0.3) is 5.91 Å². The number of nitrogens with zero attached hydrogens (tertiary/aromatic N) is 1. The summed E-state index contributed by atoms with van der Waals surface area (Å²) in [6.45, 7) is 2.04. The molecule has 0 radical (unpaired) electrons. The Morgan fingerprint density at radius 3 is 2.33 bits per heavy atom. The Bertz CT molecular complexity index is 1590. The number of amides is 2. The van der Waals surface area contributed by atoms with Crippen molar-refractivity contribution in [2.75, 3.05) is 10.6 Å². The number of carbonyl (C=O) groups is 2. The number of hydrogen-bond donors (Lipinski definition) is 2. The van der Waals surface area contributed by atoms with E-state index in [4.69, 9.17) is 11.6 Å². The van der Waals surface area contributed by atoms with E-state index >= 15 is 0 Å². The van der Waals surface area contributed by atoms with E-state index < -0.39 is 5.25 Å². The fraction of sp³-hybridized carbons (Fsp3) is 0.0645. The number of thioether (sulfide) groups is 1. The second kappa shape index (κ2) is 12.3. The first-order valence-electron chi connectivity index (χ1n) is 12.2. The van der Waals surface area contributed by atoms with E-state index in [9.17, 15) is 9.59 Å². The minimum Gasteiger partial charge on any atom is -0.322 e. The molecule has 5 rings (SSSR count). The minimum absolute atomic E-state index is 0.158. The summed E-state index contributed by atoms with van der Waals surface area (Å²) in [7, 11) is 0. The van der Waals surface area contributed by atoms with Crippen LogP contribution in [0.2, 0.25) is 5.02 Å². The van der Waals surface area contributed by atoms with Gasteiger partial charge in [-0.3, -0.25) is 9.59 Å². The summed E-state index contributed by atoms with van der Waals surface area (Å²) in [4.78, 5) is 31.5. The molecule has 8 heteroatoms. The maximum atomic E-state index is 13.5. The van der Waals surface area contributed by atoms with E-state index in [1.54, 1.807) is 24.3 Å². The van der Waals surface area contributed by atoms with Crippen molar-refractivity contribution in [3.8, 4) is 11.3 Å². The Labute approximate surface area is 240 Å². The summed E-state index contributed by atoms with van der Waals surface area (Å²) >= 11 is 8.84. The first-order valence-corrected chi connectivity index (χ1v) is 14.3. The minimum atomic E-state index is -0.496. The van der Waals surface area contributed by atoms with E-state index in [0.717, 1.165) is 21.7 Å². The Morgan fingerprint density at radius 2 is 1.62 bits per heavy atom. The highest BCUT2D eigenvalue weighted by Gasteiger charge is 2.23. The number of thiazole rings is 1. The van der Waals surface area contributed by atoms with Gasteiger partial charge in [0.2, 0.25) is 5.91 Å². The van der Waals surface area contributed by atoms with E-state index in [1.807, 2.05) is 91.2 Å². The summed E-state index contributed by atoms with van der Waals surface area (Å²) in [5.41, 5.74) is 5.03. The molecule has 1 unspecified atom stereocenters. The molecule has 0 aliphatic carbocycles. The van der Waals surface area contributed by atoms with Crippen LogP contribution in [-0.4, -0.2) is 16.8 Å². The van der Waals surface area contributed by atoms with Gasteiger partial charge in [0, 0.05) is 32.1 Å². The van der Waals surface area contributed by atoms with Crippen molar-refractivity contribution in [2.24, 2.45) is 0 Å². The third-order valence-electron chi connectivity index (χ3n) is 5.88. The van der Waals surface area contributed by atoms with Crippen molar-refractivity contribution < 1.29 is 9.59 Å². The molecule has 0 bridgehead atoms. The van der Waals surface area contributed by atoms with Crippen molar-refractivity contribution >= 4 is 57.3 Å². The van der Waals surface area contributed by atoms with E-state index in [1.165, 1.54) is 28.7 Å². The van der Waals surface area contributed by atoms with Crippen LogP contribution in [-0.2, 0) is 4.79 Å². The lowest BCUT2D eigenvalue weighted by molar-refractivity contribution is -0.115. The monoisotopic (exact) mass is 569 g/mol. The Morgan fingerprint density at radius 1 is 0.872 bits per heavy atom. The van der Waals surface area contributed by atoms with Crippen molar-refractivity contribution in [1.29, 1.82) is 0 Å². The first-order chi connectivity index (χ1) is 18.9. The summed E-state index contributed by atoms with van der Waals surface area (Å²) in [5, 5.41) is 8.39. The Hall–Kier alpha value is -3.91. The van der Waals surface area contributed by atoms with Crippen LogP contribution in [0.25, 0.3) is 11.3 Å². The molecule has 2 amide bonds. The molecule has 5 nitrogen and oxygen atoms in total. The smallest absolute Gasteiger partial charge is 0.255 e. The predicted octanol–water partition coefficient (Wildman–Crippen LogP) is 8.50. The van der Waals surface area contributed by atoms with Gasteiger partial charge in [-0.1, -0.05) is 77.8 Å². The van der Waals surface area contributed by atoms with Crippen LogP contribution in [0.15, 0.2) is 113 Å². The molecule has 2 N–H and O–H groups in total. The van der Waals surface area contributed by atoms with Crippen molar-refractivity contribution in [2.45, 2.75) is 17.1 Å². The van der Waals surface area contributed by atoms with Gasteiger partial charge < -0.3 is 10.6 Å². The second-order valence-electron chi connectivity index (χ2n) is 8.79. The lowest BCUT2D eigenvalue weighted by atomic mass is 10.1. The summed E-state index contributed by atoms with van der Waals surface area (Å²) < 4.78 is 0. The molecule has 1 aromatic heterocycles. The highest BCUT2D eigenvalue weighted by molar-refractivity contribution is 8.00. The molecular weight excluding hydrogens is 546 g/mol. The predicted molar refractivity (Wildman–Crippen MR) is 162 cm³/mol. The van der Waals surface area contributed by atoms with Gasteiger partial charge in [-0.25, -0.2) is 4.98 Å². The van der Waals surface area contributed by atoms with Gasteiger partial charge in [-0.2, -0.15) is 0 Å². The standard InChI is InChI=1S/C31H24ClN3O2S2/c1-20-10-12-21(13-11-20)27-19-38-31(34-27)35-30(37)28(22-6-3-2-4-7-22)39-26-16-14-25(15-17-26)33-29(36)23-8-5-9-24(32)18-23/h2-19,28H,1H3,(H,33,36)(H,34,35,37). The largest absolute Gasteiger partial charge is 0.322 e. The molecular formula is C31H24ClN3O2S2. The van der Waals surface area contributed by atoms with E-state index in [2.05, 4.69) is 15.6 Å². The lowest BCUT2D eigenvalue weighted by Gasteiger charge is -2.16. The van der Waals surface area contributed by atoms with Gasteiger partial charge in [-0.05, 0) is 55.0 Å². The topological polar surface area (TPSA) is 71.1 Å². The fourth-order valence-corrected chi connectivity index (χ4v) is 5.78. The molecule has 4 aromatic carbocycles. The maximum Gasteiger partial charge on any atom is 0.255 e. The normalized spacial score (nSPS) is 11.5. The SMILES string of the molecule is Cc1ccc(-c2csc(NC(=O)C(Sc3ccc(NC(=O)c4cccc(Cl)c4)cc3)c3ccccc3)n2)cc1. The highest BCUT2D eigenvalue weighted by Crippen LogP contribution is 2.37. The number of aromatic nitrogens is 1. The van der Waals surface area contributed by atoms with E-state index in [-0.39, 0.29) is 11.8 Å². The third-order valence-corrected chi connectivity index (χ3v) is 8.13. The second-order valence-corrected chi connectivity index (χ2v) is 11.3. The Kier molecular flexibility index (Phi) is 8.42. The van der Waals surface area contributed by atoms with E-state index in [0.29, 0.717) is 21.4 Å². The summed E-state index contributed by atoms with van der Waals surface area (Å²) in [6.07, 6.45) is 0. The zero-order valence-electron chi connectivity index (χ0n) is 20.9. The molecule has 0 aliphatic rings. The average Bonchev–Trinajstić information content (AvgIpc) is 3.41. The molecule has 0 aliphatic heterocycles. The van der Waals surface area contributed by atoms with Gasteiger partial charge in [0.05, 0.1) is 5.69 Å². The van der Waals surface area contributed by atoms with Crippen molar-refractivity contribution in [3.63, 3.8) is 0 Å². The van der Waals surface area contributed by atoms with Crippen LogP contribution in [0.5, 0.6) is 0 Å². The molecule has 5 aromatic rings. The van der Waals surface area contributed by atoms with Gasteiger partial charge in [0.1, 0.15) is 5.25 Å². The molecule has 194 valence electrons. The van der Waals surface area contributed by atoms with Gasteiger partial charge >= 0.3 is 0 Å². The van der Waals surface area contributed by atoms with Gasteiger partial charge in [-0.15, -0.1) is 23.1 Å². The quantitative estimate of drug-likeness (QED) is 0.184. The highest BCUT2D eigenvalue weighted by atomic mass is 35.5. The fourth-order valence-electron chi connectivity index (χ4n) is 3.85. The molecule has 0 saturated heterocycles. The molecule has 0 spiro atoms. The molecule has 0 fully saturated rings.